The van der Waals surface area contributed by atoms with Crippen molar-refractivity contribution in [2.45, 2.75) is 57.8 Å². The van der Waals surface area contributed by atoms with Crippen molar-refractivity contribution in [2.75, 3.05) is 13.1 Å². The molecule has 1 saturated heterocycles. The number of fused-ring (bicyclic) bond motifs is 3. The summed E-state index contributed by atoms with van der Waals surface area (Å²) in [5.41, 5.74) is 6.97. The van der Waals surface area contributed by atoms with Gasteiger partial charge in [0, 0.05) is 61.5 Å². The number of hydrogen-bond donors (Lipinski definition) is 0. The van der Waals surface area contributed by atoms with Crippen molar-refractivity contribution in [3.05, 3.63) is 76.8 Å². The molecule has 3 fully saturated rings. The van der Waals surface area contributed by atoms with E-state index in [1.165, 1.54) is 42.3 Å². The third-order valence-electron chi connectivity index (χ3n) is 9.55. The zero-order valence-corrected chi connectivity index (χ0v) is 22.0. The van der Waals surface area contributed by atoms with Crippen LogP contribution in [0.5, 0.6) is 0 Å². The quantitative estimate of drug-likeness (QED) is 0.379. The lowest BCUT2D eigenvalue weighted by atomic mass is 9.84. The van der Waals surface area contributed by atoms with Crippen LogP contribution in [0.2, 0.25) is 0 Å². The zero-order valence-electron chi connectivity index (χ0n) is 22.0. The molecule has 0 radical (unpaired) electrons. The monoisotopic (exact) mass is 492 g/mol. The third-order valence-corrected chi connectivity index (χ3v) is 9.55. The van der Waals surface area contributed by atoms with Gasteiger partial charge >= 0.3 is 0 Å². The first-order chi connectivity index (χ1) is 17.9. The summed E-state index contributed by atoms with van der Waals surface area (Å²) in [6.45, 7) is 8.87. The minimum absolute atomic E-state index is 0.0197. The normalized spacial score (nSPS) is 23.5. The number of nitrogens with zero attached hydrogens (tertiary/aromatic N) is 4. The molecule has 6 rings (SSSR count). The molecule has 3 heterocycles. The van der Waals surface area contributed by atoms with Crippen molar-refractivity contribution >= 4 is 16.8 Å². The number of carbonyl (C=O) groups is 1. The number of ketones is 1. The maximum Gasteiger partial charge on any atom is 0.167 e. The maximum absolute atomic E-state index is 13.1. The van der Waals surface area contributed by atoms with Crippen LogP contribution in [-0.4, -0.2) is 33.3 Å². The molecule has 0 amide bonds. The second-order valence-corrected chi connectivity index (χ2v) is 11.6. The molecule has 2 saturated carbocycles. The molecule has 0 spiro atoms. The zero-order chi connectivity index (χ0) is 25.7. The largest absolute Gasteiger partial charge is 0.375 e. The van der Waals surface area contributed by atoms with Crippen molar-refractivity contribution in [1.29, 1.82) is 5.26 Å². The van der Waals surface area contributed by atoms with Gasteiger partial charge in [-0.05, 0) is 85.6 Å². The molecule has 2 aromatic heterocycles. The van der Waals surface area contributed by atoms with Crippen LogP contribution in [-0.2, 0) is 13.5 Å². The second kappa shape index (κ2) is 9.49. The molecule has 5 heteroatoms. The highest BCUT2D eigenvalue weighted by atomic mass is 16.1. The number of hydrogen-bond acceptors (Lipinski definition) is 4. The summed E-state index contributed by atoms with van der Waals surface area (Å²) in [5, 5.41) is 10.4. The fraction of sp³-hybridized carbons (Fsp3) is 0.469. The van der Waals surface area contributed by atoms with Crippen molar-refractivity contribution in [1.82, 2.24) is 14.5 Å². The van der Waals surface area contributed by atoms with Gasteiger partial charge in [-0.3, -0.25) is 4.79 Å². The van der Waals surface area contributed by atoms with Gasteiger partial charge in [-0.25, -0.2) is 4.98 Å². The van der Waals surface area contributed by atoms with E-state index < -0.39 is 0 Å². The van der Waals surface area contributed by atoms with E-state index >= 15 is 0 Å². The predicted molar refractivity (Wildman–Crippen MR) is 146 cm³/mol. The van der Waals surface area contributed by atoms with Gasteiger partial charge < -0.3 is 9.47 Å². The van der Waals surface area contributed by atoms with Crippen molar-refractivity contribution in [3.63, 3.8) is 0 Å². The number of aromatic nitrogens is 2. The SMILES string of the molecule is C=C(C1CC2CC[C@H]1C2)N1CCC(c2cn(C)c3ncc(CC(=O)c4cccc(C#N)c4)c(C)c23)CC1. The molecular weight excluding hydrogens is 456 g/mol. The Labute approximate surface area is 219 Å². The van der Waals surface area contributed by atoms with Gasteiger partial charge in [-0.1, -0.05) is 25.1 Å². The van der Waals surface area contributed by atoms with Gasteiger partial charge in [-0.2, -0.15) is 5.26 Å². The van der Waals surface area contributed by atoms with Crippen LogP contribution in [0.3, 0.4) is 0 Å². The smallest absolute Gasteiger partial charge is 0.167 e. The fourth-order valence-electron chi connectivity index (χ4n) is 7.47. The van der Waals surface area contributed by atoms with Gasteiger partial charge in [0.05, 0.1) is 11.6 Å². The molecule has 3 aliphatic rings. The van der Waals surface area contributed by atoms with E-state index in [-0.39, 0.29) is 5.78 Å². The Morgan fingerprint density at radius 1 is 1.19 bits per heavy atom. The molecule has 3 aromatic rings. The second-order valence-electron chi connectivity index (χ2n) is 11.6. The van der Waals surface area contributed by atoms with Crippen molar-refractivity contribution in [3.8, 4) is 6.07 Å². The van der Waals surface area contributed by atoms with E-state index in [0.29, 0.717) is 29.4 Å². The lowest BCUT2D eigenvalue weighted by molar-refractivity contribution is 0.0992. The van der Waals surface area contributed by atoms with Crippen LogP contribution < -0.4 is 0 Å². The Balaban J connectivity index is 1.21. The van der Waals surface area contributed by atoms with E-state index in [2.05, 4.69) is 42.3 Å². The van der Waals surface area contributed by atoms with Gasteiger partial charge in [0.2, 0.25) is 0 Å². The van der Waals surface area contributed by atoms with Gasteiger partial charge in [-0.15, -0.1) is 0 Å². The van der Waals surface area contributed by atoms with E-state index in [9.17, 15) is 10.1 Å². The molecule has 1 aliphatic heterocycles. The Bertz CT molecular complexity index is 1420. The van der Waals surface area contributed by atoms with Gasteiger partial charge in [0.25, 0.3) is 0 Å². The summed E-state index contributed by atoms with van der Waals surface area (Å²) in [6.07, 6.45) is 12.3. The lowest BCUT2D eigenvalue weighted by Crippen LogP contribution is -2.35. The molecule has 2 bridgehead atoms. The topological polar surface area (TPSA) is 61.9 Å². The molecular formula is C32H36N4O. The van der Waals surface area contributed by atoms with Crippen LogP contribution in [0.25, 0.3) is 11.0 Å². The maximum atomic E-state index is 13.1. The fourth-order valence-corrected chi connectivity index (χ4v) is 7.47. The third kappa shape index (κ3) is 4.27. The number of aryl methyl sites for hydroxylation is 2. The van der Waals surface area contributed by atoms with E-state index in [4.69, 9.17) is 4.98 Å². The average Bonchev–Trinajstić information content (AvgIpc) is 3.65. The summed E-state index contributed by atoms with van der Waals surface area (Å²) in [4.78, 5) is 20.4. The van der Waals surface area contributed by atoms with Gasteiger partial charge in [0.15, 0.2) is 5.78 Å². The Hall–Kier alpha value is -3.39. The number of benzene rings is 1. The number of likely N-dealkylation sites (tertiary alicyclic amines) is 1. The molecule has 2 aliphatic carbocycles. The predicted octanol–water partition coefficient (Wildman–Crippen LogP) is 6.31. The number of allylic oxidation sites excluding steroid dienone is 1. The van der Waals surface area contributed by atoms with Crippen LogP contribution >= 0.6 is 0 Å². The van der Waals surface area contributed by atoms with E-state index in [1.54, 1.807) is 24.3 Å². The first-order valence-corrected chi connectivity index (χ1v) is 13.8. The Morgan fingerprint density at radius 2 is 2.00 bits per heavy atom. The van der Waals surface area contributed by atoms with Crippen LogP contribution in [0, 0.1) is 36.0 Å². The molecule has 190 valence electrons. The summed E-state index contributed by atoms with van der Waals surface area (Å²) in [5.74, 6) is 3.06. The molecule has 0 N–H and O–H groups in total. The first-order valence-electron chi connectivity index (χ1n) is 13.8. The summed E-state index contributed by atoms with van der Waals surface area (Å²) in [6, 6.07) is 9.09. The number of carbonyl (C=O) groups excluding carboxylic acids is 1. The summed E-state index contributed by atoms with van der Waals surface area (Å²) >= 11 is 0. The standard InChI is InChI=1S/C32H36N4O/c1-20-27(16-30(37)26-6-4-5-23(14-26)17-33)18-34-32-31(20)29(19-35(32)3)24-9-11-36(12-10-24)21(2)28-15-22-7-8-25(28)13-22/h4-6,14,18-19,22,24-25,28H,2,7-13,15-16H2,1,3H3/t22?,25-,28?/m0/s1. The molecule has 37 heavy (non-hydrogen) atoms. The minimum Gasteiger partial charge on any atom is -0.375 e. The molecule has 2 unspecified atom stereocenters. The number of rotatable bonds is 6. The van der Waals surface area contributed by atoms with Crippen LogP contribution in [0.4, 0.5) is 0 Å². The molecule has 1 aromatic carbocycles. The highest BCUT2D eigenvalue weighted by molar-refractivity contribution is 5.98. The van der Waals surface area contributed by atoms with E-state index in [1.807, 2.05) is 6.20 Å². The number of pyridine rings is 1. The summed E-state index contributed by atoms with van der Waals surface area (Å²) in [7, 11) is 2.07. The summed E-state index contributed by atoms with van der Waals surface area (Å²) < 4.78 is 2.14. The highest BCUT2D eigenvalue weighted by Crippen LogP contribution is 2.51. The van der Waals surface area contributed by atoms with Crippen LogP contribution in [0.15, 0.2) is 48.9 Å². The minimum atomic E-state index is 0.0197. The van der Waals surface area contributed by atoms with Crippen molar-refractivity contribution < 1.29 is 4.79 Å². The Kier molecular flexibility index (Phi) is 6.15. The number of Topliss-reactive ketones (excluding diaryl/α,β-unsaturated/α-hetero) is 1. The lowest BCUT2D eigenvalue weighted by Gasteiger charge is -2.39. The van der Waals surface area contributed by atoms with Crippen molar-refractivity contribution in [2.24, 2.45) is 24.8 Å². The molecule has 5 nitrogen and oxygen atoms in total. The first kappa shape index (κ1) is 24.0. The average molecular weight is 493 g/mol. The highest BCUT2D eigenvalue weighted by Gasteiger charge is 2.42. The van der Waals surface area contributed by atoms with Gasteiger partial charge in [0.1, 0.15) is 5.65 Å². The number of piperidine rings is 1. The Morgan fingerprint density at radius 3 is 2.70 bits per heavy atom. The van der Waals surface area contributed by atoms with Crippen LogP contribution in [0.1, 0.15) is 77.1 Å². The van der Waals surface area contributed by atoms with E-state index in [0.717, 1.165) is 54.5 Å². The molecule has 3 atom stereocenters. The number of nitriles is 1.